The number of fused-ring (bicyclic) bond motifs is 1. The zero-order valence-electron chi connectivity index (χ0n) is 13.3. The first kappa shape index (κ1) is 16.1. The summed E-state index contributed by atoms with van der Waals surface area (Å²) in [5.41, 5.74) is 2.00. The number of hydrogen-bond donors (Lipinski definition) is 1. The van der Waals surface area contributed by atoms with Gasteiger partial charge in [-0.1, -0.05) is 18.2 Å². The lowest BCUT2D eigenvalue weighted by Crippen LogP contribution is -2.25. The van der Waals surface area contributed by atoms with Gasteiger partial charge in [0.05, 0.1) is 5.75 Å². The van der Waals surface area contributed by atoms with Gasteiger partial charge in [-0.05, 0) is 31.0 Å². The Morgan fingerprint density at radius 2 is 2.17 bits per heavy atom. The summed E-state index contributed by atoms with van der Waals surface area (Å²) < 4.78 is 28.5. The number of amides is 1. The largest absolute Gasteiger partial charge is 0.487 e. The maximum atomic E-state index is 12.0. The van der Waals surface area contributed by atoms with Crippen molar-refractivity contribution in [1.82, 2.24) is 5.32 Å². The van der Waals surface area contributed by atoms with Crippen LogP contribution in [0.5, 0.6) is 5.75 Å². The third-order valence-electron chi connectivity index (χ3n) is 4.07. The van der Waals surface area contributed by atoms with E-state index in [-0.39, 0.29) is 29.6 Å². The molecule has 2 heterocycles. The van der Waals surface area contributed by atoms with Crippen LogP contribution in [0.4, 0.5) is 0 Å². The molecule has 1 atom stereocenters. The number of ether oxygens (including phenoxy) is 1. The van der Waals surface area contributed by atoms with Gasteiger partial charge in [0.25, 0.3) is 0 Å². The van der Waals surface area contributed by atoms with E-state index in [0.717, 1.165) is 23.3 Å². The Morgan fingerprint density at radius 3 is 2.87 bits per heavy atom. The fourth-order valence-electron chi connectivity index (χ4n) is 3.05. The lowest BCUT2D eigenvalue weighted by molar-refractivity contribution is -0.121. The molecule has 1 aromatic rings. The van der Waals surface area contributed by atoms with Gasteiger partial charge in [0, 0.05) is 30.7 Å². The minimum absolute atomic E-state index is 0.0334. The van der Waals surface area contributed by atoms with Crippen molar-refractivity contribution in [2.24, 2.45) is 5.92 Å². The molecular formula is C17H21NO4S. The first-order chi connectivity index (χ1) is 10.7. The van der Waals surface area contributed by atoms with Crippen molar-refractivity contribution in [1.29, 1.82) is 0 Å². The minimum Gasteiger partial charge on any atom is -0.487 e. The lowest BCUT2D eigenvalue weighted by atomic mass is 10.00. The summed E-state index contributed by atoms with van der Waals surface area (Å²) in [4.78, 5) is 12.0. The van der Waals surface area contributed by atoms with Gasteiger partial charge < -0.3 is 10.1 Å². The Hall–Kier alpha value is -1.82. The molecule has 6 heteroatoms. The van der Waals surface area contributed by atoms with Crippen LogP contribution >= 0.6 is 0 Å². The summed E-state index contributed by atoms with van der Waals surface area (Å²) in [6.07, 6.45) is 2.66. The Morgan fingerprint density at radius 1 is 1.39 bits per heavy atom. The molecular weight excluding hydrogens is 314 g/mol. The van der Waals surface area contributed by atoms with Crippen molar-refractivity contribution in [3.05, 3.63) is 40.8 Å². The normalized spacial score (nSPS) is 23.3. The molecule has 1 aromatic carbocycles. The monoisotopic (exact) mass is 335 g/mol. The average Bonchev–Trinajstić information content (AvgIpc) is 2.93. The molecule has 0 saturated heterocycles. The molecule has 3 rings (SSSR count). The van der Waals surface area contributed by atoms with Crippen molar-refractivity contribution in [2.75, 3.05) is 5.75 Å². The highest BCUT2D eigenvalue weighted by atomic mass is 32.2. The van der Waals surface area contributed by atoms with E-state index in [9.17, 15) is 13.2 Å². The summed E-state index contributed by atoms with van der Waals surface area (Å²) in [6.45, 7) is 4.55. The smallest absolute Gasteiger partial charge is 0.220 e. The van der Waals surface area contributed by atoms with E-state index in [2.05, 4.69) is 25.2 Å². The van der Waals surface area contributed by atoms with Gasteiger partial charge in [0.15, 0.2) is 9.84 Å². The molecule has 0 bridgehead atoms. The van der Waals surface area contributed by atoms with E-state index >= 15 is 0 Å². The van der Waals surface area contributed by atoms with Crippen LogP contribution in [0.1, 0.15) is 31.4 Å². The van der Waals surface area contributed by atoms with E-state index in [1.807, 2.05) is 12.1 Å². The van der Waals surface area contributed by atoms with E-state index in [1.165, 1.54) is 5.41 Å². The number of sulfone groups is 1. The first-order valence-corrected chi connectivity index (χ1v) is 9.42. The number of carbonyl (C=O) groups excluding carboxylic acids is 1. The molecule has 0 aromatic heterocycles. The van der Waals surface area contributed by atoms with Crippen LogP contribution < -0.4 is 10.1 Å². The van der Waals surface area contributed by atoms with Crippen molar-refractivity contribution in [3.63, 3.8) is 0 Å². The third-order valence-corrected chi connectivity index (χ3v) is 5.53. The second kappa shape index (κ2) is 5.67. The summed E-state index contributed by atoms with van der Waals surface area (Å²) in [6, 6.07) is 5.95. The predicted octanol–water partition coefficient (Wildman–Crippen LogP) is 1.96. The molecule has 0 fully saturated rings. The molecule has 2 aliphatic rings. The molecule has 0 unspecified atom stereocenters. The molecule has 5 nitrogen and oxygen atoms in total. The van der Waals surface area contributed by atoms with Gasteiger partial charge in [-0.3, -0.25) is 4.79 Å². The fraction of sp³-hybridized carbons (Fsp3) is 0.471. The van der Waals surface area contributed by atoms with Gasteiger partial charge in [0.1, 0.15) is 11.4 Å². The second-order valence-electron chi connectivity index (χ2n) is 6.88. The van der Waals surface area contributed by atoms with Crippen LogP contribution in [0, 0.1) is 5.92 Å². The number of carbonyl (C=O) groups is 1. The van der Waals surface area contributed by atoms with Gasteiger partial charge in [-0.25, -0.2) is 8.42 Å². The first-order valence-electron chi connectivity index (χ1n) is 7.71. The lowest BCUT2D eigenvalue weighted by Gasteiger charge is -2.16. The molecule has 0 saturated carbocycles. The number of nitrogens with one attached hydrogen (secondary N) is 1. The molecule has 0 aliphatic carbocycles. The van der Waals surface area contributed by atoms with Crippen molar-refractivity contribution >= 4 is 15.7 Å². The second-order valence-corrected chi connectivity index (χ2v) is 8.81. The highest BCUT2D eigenvalue weighted by Crippen LogP contribution is 2.35. The van der Waals surface area contributed by atoms with Crippen LogP contribution in [-0.2, 0) is 27.6 Å². The zero-order chi connectivity index (χ0) is 16.7. The van der Waals surface area contributed by atoms with Gasteiger partial charge >= 0.3 is 0 Å². The molecule has 1 N–H and O–H groups in total. The molecule has 23 heavy (non-hydrogen) atoms. The summed E-state index contributed by atoms with van der Waals surface area (Å²) in [5.74, 6) is 0.598. The predicted molar refractivity (Wildman–Crippen MR) is 87.7 cm³/mol. The highest BCUT2D eigenvalue weighted by Gasteiger charge is 2.30. The SMILES string of the molecule is CC1(C)Cc2cc(CNC(=O)C[C@@H]3C=CS(=O)(=O)C3)ccc2O1. The summed E-state index contributed by atoms with van der Waals surface area (Å²) >= 11 is 0. The molecule has 0 radical (unpaired) electrons. The van der Waals surface area contributed by atoms with Gasteiger partial charge in [-0.2, -0.15) is 0 Å². The van der Waals surface area contributed by atoms with Crippen LogP contribution in [0.2, 0.25) is 0 Å². The van der Waals surface area contributed by atoms with Crippen LogP contribution in [-0.4, -0.2) is 25.7 Å². The number of allylic oxidation sites excluding steroid dienone is 1. The standard InChI is InChI=1S/C17H21NO4S/c1-17(2)9-14-7-12(3-4-15(14)22-17)10-18-16(19)8-13-5-6-23(20,21)11-13/h3-7,13H,8-11H2,1-2H3,(H,18,19)/t13-/m0/s1. The quantitative estimate of drug-likeness (QED) is 0.913. The molecule has 2 aliphatic heterocycles. The Labute approximate surface area is 136 Å². The topological polar surface area (TPSA) is 72.5 Å². The van der Waals surface area contributed by atoms with E-state index in [1.54, 1.807) is 6.08 Å². The fourth-order valence-corrected chi connectivity index (χ4v) is 4.45. The minimum atomic E-state index is -3.10. The molecule has 0 spiro atoms. The Kier molecular flexibility index (Phi) is 3.96. The maximum absolute atomic E-state index is 12.0. The number of hydrogen-bond acceptors (Lipinski definition) is 4. The third kappa shape index (κ3) is 3.93. The molecule has 1 amide bonds. The van der Waals surface area contributed by atoms with Gasteiger partial charge in [0.2, 0.25) is 5.91 Å². The van der Waals surface area contributed by atoms with E-state index in [4.69, 9.17) is 4.74 Å². The van der Waals surface area contributed by atoms with E-state index < -0.39 is 9.84 Å². The van der Waals surface area contributed by atoms with Crippen LogP contribution in [0.15, 0.2) is 29.7 Å². The van der Waals surface area contributed by atoms with E-state index in [0.29, 0.717) is 6.54 Å². The maximum Gasteiger partial charge on any atom is 0.220 e. The van der Waals surface area contributed by atoms with Crippen molar-refractivity contribution < 1.29 is 17.9 Å². The summed E-state index contributed by atoms with van der Waals surface area (Å²) in [5, 5.41) is 4.06. The Bertz CT molecular complexity index is 765. The number of rotatable bonds is 4. The van der Waals surface area contributed by atoms with Crippen molar-refractivity contribution in [2.45, 2.75) is 38.8 Å². The number of benzene rings is 1. The van der Waals surface area contributed by atoms with Crippen molar-refractivity contribution in [3.8, 4) is 5.75 Å². The molecule has 124 valence electrons. The summed E-state index contributed by atoms with van der Waals surface area (Å²) in [7, 11) is -3.10. The Balaban J connectivity index is 1.53. The highest BCUT2D eigenvalue weighted by molar-refractivity contribution is 7.94. The van der Waals surface area contributed by atoms with Crippen LogP contribution in [0.25, 0.3) is 0 Å². The average molecular weight is 335 g/mol. The zero-order valence-corrected chi connectivity index (χ0v) is 14.2. The van der Waals surface area contributed by atoms with Gasteiger partial charge in [-0.15, -0.1) is 0 Å². The van der Waals surface area contributed by atoms with Crippen LogP contribution in [0.3, 0.4) is 0 Å².